The summed E-state index contributed by atoms with van der Waals surface area (Å²) in [5, 5.41) is 13.7. The molecule has 1 atom stereocenters. The van der Waals surface area contributed by atoms with Gasteiger partial charge in [-0.05, 0) is 30.0 Å². The second-order valence-electron chi connectivity index (χ2n) is 8.04. The Labute approximate surface area is 206 Å². The van der Waals surface area contributed by atoms with E-state index in [4.69, 9.17) is 14.2 Å². The molecule has 0 aromatic heterocycles. The van der Waals surface area contributed by atoms with Crippen molar-refractivity contribution >= 4 is 34.5 Å². The summed E-state index contributed by atoms with van der Waals surface area (Å²) in [6.45, 7) is 4.11. The Morgan fingerprint density at radius 1 is 1.23 bits per heavy atom. The van der Waals surface area contributed by atoms with Crippen molar-refractivity contribution in [1.29, 1.82) is 0 Å². The van der Waals surface area contributed by atoms with Crippen LogP contribution in [0, 0.1) is 10.1 Å². The van der Waals surface area contributed by atoms with Crippen molar-refractivity contribution in [3.8, 4) is 0 Å². The summed E-state index contributed by atoms with van der Waals surface area (Å²) in [5.41, 5.74) is 2.09. The van der Waals surface area contributed by atoms with E-state index in [1.807, 2.05) is 10.3 Å². The number of carbonyl (C=O) groups excluding carboxylic acids is 2. The zero-order chi connectivity index (χ0) is 24.9. The van der Waals surface area contributed by atoms with Gasteiger partial charge in [0.1, 0.15) is 6.61 Å². The number of rotatable bonds is 8. The molecule has 1 saturated heterocycles. The summed E-state index contributed by atoms with van der Waals surface area (Å²) in [6, 6.07) is 5.37. The van der Waals surface area contributed by atoms with Crippen molar-refractivity contribution < 1.29 is 28.7 Å². The standard InChI is InChI=1S/C23H26N4O7S/c1-15-20(22(29)34-12-11-32-2)21(16-3-5-17(6-4-16)27(30)31)26-18(14-35-23(26)24-15)13-19(28)25-7-9-33-10-8-25/h3-6,14,21H,7-13H2,1-2H3. The highest BCUT2D eigenvalue weighted by Crippen LogP contribution is 2.45. The number of aliphatic imine (C=N–C) groups is 1. The predicted molar refractivity (Wildman–Crippen MR) is 128 cm³/mol. The Balaban J connectivity index is 1.67. The zero-order valence-corrected chi connectivity index (χ0v) is 20.3. The molecule has 1 unspecified atom stereocenters. The topological polar surface area (TPSA) is 124 Å². The predicted octanol–water partition coefficient (Wildman–Crippen LogP) is 2.61. The molecule has 0 spiro atoms. The molecule has 0 bridgehead atoms. The summed E-state index contributed by atoms with van der Waals surface area (Å²) in [5.74, 6) is -0.596. The summed E-state index contributed by atoms with van der Waals surface area (Å²) < 4.78 is 15.8. The molecular weight excluding hydrogens is 476 g/mol. The number of amidine groups is 1. The number of methoxy groups -OCH3 is 1. The second kappa shape index (κ2) is 11.0. The van der Waals surface area contributed by atoms with E-state index in [0.29, 0.717) is 54.0 Å². The van der Waals surface area contributed by atoms with Crippen molar-refractivity contribution in [3.05, 3.63) is 62.3 Å². The molecular formula is C23H26N4O7S. The number of allylic oxidation sites excluding steroid dienone is 1. The number of nitro groups is 1. The van der Waals surface area contributed by atoms with Crippen LogP contribution in [0.5, 0.6) is 0 Å². The lowest BCUT2D eigenvalue weighted by Crippen LogP contribution is -2.42. The lowest BCUT2D eigenvalue weighted by Gasteiger charge is -2.37. The number of nitro benzene ring substituents is 1. The van der Waals surface area contributed by atoms with Gasteiger partial charge in [0.15, 0.2) is 5.17 Å². The zero-order valence-electron chi connectivity index (χ0n) is 19.5. The van der Waals surface area contributed by atoms with Crippen LogP contribution in [0.2, 0.25) is 0 Å². The van der Waals surface area contributed by atoms with Gasteiger partial charge in [-0.3, -0.25) is 14.9 Å². The molecule has 0 radical (unpaired) electrons. The van der Waals surface area contributed by atoms with Crippen LogP contribution in [0.4, 0.5) is 5.69 Å². The Morgan fingerprint density at radius 3 is 2.60 bits per heavy atom. The third-order valence-electron chi connectivity index (χ3n) is 5.86. The van der Waals surface area contributed by atoms with Crippen molar-refractivity contribution in [2.24, 2.45) is 4.99 Å². The molecule has 11 nitrogen and oxygen atoms in total. The van der Waals surface area contributed by atoms with E-state index in [1.165, 1.54) is 31.0 Å². The van der Waals surface area contributed by atoms with Gasteiger partial charge in [0, 0.05) is 38.0 Å². The van der Waals surface area contributed by atoms with E-state index in [2.05, 4.69) is 4.99 Å². The molecule has 186 valence electrons. The second-order valence-corrected chi connectivity index (χ2v) is 8.88. The van der Waals surface area contributed by atoms with Gasteiger partial charge in [-0.25, -0.2) is 9.79 Å². The first-order valence-corrected chi connectivity index (χ1v) is 12.0. The van der Waals surface area contributed by atoms with Crippen LogP contribution in [0.15, 0.2) is 51.6 Å². The molecule has 3 heterocycles. The maximum absolute atomic E-state index is 13.2. The molecule has 1 aromatic carbocycles. The van der Waals surface area contributed by atoms with Gasteiger partial charge >= 0.3 is 5.97 Å². The van der Waals surface area contributed by atoms with Crippen molar-refractivity contribution in [2.45, 2.75) is 19.4 Å². The fourth-order valence-corrected chi connectivity index (χ4v) is 5.06. The lowest BCUT2D eigenvalue weighted by atomic mass is 9.93. The van der Waals surface area contributed by atoms with Gasteiger partial charge in [0.2, 0.25) is 5.91 Å². The van der Waals surface area contributed by atoms with Crippen LogP contribution in [0.1, 0.15) is 24.9 Å². The molecule has 35 heavy (non-hydrogen) atoms. The van der Waals surface area contributed by atoms with Gasteiger partial charge in [0.05, 0.1) is 48.5 Å². The minimum atomic E-state index is -0.655. The van der Waals surface area contributed by atoms with E-state index >= 15 is 0 Å². The van der Waals surface area contributed by atoms with Crippen LogP contribution in [0.3, 0.4) is 0 Å². The summed E-state index contributed by atoms with van der Waals surface area (Å²) in [4.78, 5) is 45.1. The Hall–Kier alpha value is -3.22. The average Bonchev–Trinajstić information content (AvgIpc) is 3.25. The monoisotopic (exact) mass is 502 g/mol. The van der Waals surface area contributed by atoms with Crippen molar-refractivity contribution in [2.75, 3.05) is 46.6 Å². The molecule has 1 amide bonds. The molecule has 3 aliphatic heterocycles. The maximum Gasteiger partial charge on any atom is 0.338 e. The molecule has 0 N–H and O–H groups in total. The highest BCUT2D eigenvalue weighted by atomic mass is 32.2. The van der Waals surface area contributed by atoms with Crippen LogP contribution >= 0.6 is 11.8 Å². The van der Waals surface area contributed by atoms with Gasteiger partial charge in [0.25, 0.3) is 5.69 Å². The smallest absolute Gasteiger partial charge is 0.338 e. The fraction of sp³-hybridized carbons (Fsp3) is 0.435. The molecule has 12 heteroatoms. The normalized spacial score (nSPS) is 19.8. The van der Waals surface area contributed by atoms with Gasteiger partial charge in [-0.15, -0.1) is 0 Å². The third-order valence-corrected chi connectivity index (χ3v) is 6.75. The van der Waals surface area contributed by atoms with E-state index in [9.17, 15) is 19.7 Å². The first-order valence-electron chi connectivity index (χ1n) is 11.1. The van der Waals surface area contributed by atoms with Crippen LogP contribution in [-0.2, 0) is 23.8 Å². The van der Waals surface area contributed by atoms with Crippen molar-refractivity contribution in [3.63, 3.8) is 0 Å². The molecule has 1 fully saturated rings. The summed E-state index contributed by atoms with van der Waals surface area (Å²) in [6.07, 6.45) is 0.126. The summed E-state index contributed by atoms with van der Waals surface area (Å²) in [7, 11) is 1.51. The number of ether oxygens (including phenoxy) is 3. The largest absolute Gasteiger partial charge is 0.460 e. The van der Waals surface area contributed by atoms with Crippen LogP contribution in [-0.4, -0.2) is 78.4 Å². The number of hydrogen-bond donors (Lipinski definition) is 0. The number of amides is 1. The number of fused-ring (bicyclic) bond motifs is 1. The van der Waals surface area contributed by atoms with Crippen LogP contribution in [0.25, 0.3) is 0 Å². The quantitative estimate of drug-likeness (QED) is 0.228. The number of benzene rings is 1. The highest BCUT2D eigenvalue weighted by Gasteiger charge is 2.41. The Kier molecular flexibility index (Phi) is 7.83. The number of nitrogens with zero attached hydrogens (tertiary/aromatic N) is 4. The minimum Gasteiger partial charge on any atom is -0.460 e. The molecule has 1 aromatic rings. The van der Waals surface area contributed by atoms with E-state index in [1.54, 1.807) is 24.0 Å². The highest BCUT2D eigenvalue weighted by molar-refractivity contribution is 8.16. The molecule has 0 aliphatic carbocycles. The molecule has 0 saturated carbocycles. The Morgan fingerprint density at radius 2 is 1.94 bits per heavy atom. The maximum atomic E-state index is 13.2. The first-order chi connectivity index (χ1) is 16.9. The van der Waals surface area contributed by atoms with Gasteiger partial charge < -0.3 is 24.0 Å². The number of non-ortho nitro benzene ring substituents is 1. The number of morpholine rings is 1. The number of carbonyl (C=O) groups is 2. The number of thioether (sulfide) groups is 1. The fourth-order valence-electron chi connectivity index (χ4n) is 4.10. The number of esters is 1. The van der Waals surface area contributed by atoms with E-state index in [-0.39, 0.29) is 31.2 Å². The van der Waals surface area contributed by atoms with Gasteiger partial charge in [-0.2, -0.15) is 0 Å². The molecule has 3 aliphatic rings. The minimum absolute atomic E-state index is 0.0423. The van der Waals surface area contributed by atoms with Gasteiger partial charge in [-0.1, -0.05) is 11.8 Å². The third kappa shape index (κ3) is 5.39. The van der Waals surface area contributed by atoms with E-state index < -0.39 is 16.9 Å². The lowest BCUT2D eigenvalue weighted by molar-refractivity contribution is -0.384. The van der Waals surface area contributed by atoms with Crippen molar-refractivity contribution in [1.82, 2.24) is 9.80 Å². The molecule has 4 rings (SSSR count). The SMILES string of the molecule is COCCOC(=O)C1=C(C)N=C2SC=C(CC(=O)N3CCOCC3)N2C1c1ccc([N+](=O)[O-])cc1. The van der Waals surface area contributed by atoms with E-state index in [0.717, 1.165) is 0 Å². The number of hydrogen-bond acceptors (Lipinski definition) is 10. The Bertz CT molecular complexity index is 1090. The average molecular weight is 503 g/mol. The first kappa shape index (κ1) is 24.9. The van der Waals surface area contributed by atoms with Crippen LogP contribution < -0.4 is 0 Å². The summed E-state index contributed by atoms with van der Waals surface area (Å²) >= 11 is 1.37.